The first-order chi connectivity index (χ1) is 7.56. The van der Waals surface area contributed by atoms with Crippen molar-refractivity contribution in [3.63, 3.8) is 0 Å². The Labute approximate surface area is 102 Å². The van der Waals surface area contributed by atoms with E-state index in [0.29, 0.717) is 6.04 Å². The van der Waals surface area contributed by atoms with Gasteiger partial charge in [-0.1, -0.05) is 20.8 Å². The molecule has 1 aliphatic heterocycles. The van der Waals surface area contributed by atoms with E-state index >= 15 is 0 Å². The van der Waals surface area contributed by atoms with Crippen molar-refractivity contribution in [2.75, 3.05) is 13.1 Å². The highest BCUT2D eigenvalue weighted by atomic mass is 15.2. The maximum absolute atomic E-state index is 3.52. The minimum Gasteiger partial charge on any atom is -0.314 e. The van der Waals surface area contributed by atoms with Gasteiger partial charge < -0.3 is 5.32 Å². The van der Waals surface area contributed by atoms with E-state index in [4.69, 9.17) is 0 Å². The molecule has 2 nitrogen and oxygen atoms in total. The van der Waals surface area contributed by atoms with Crippen LogP contribution in [-0.2, 0) is 0 Å². The molecule has 0 radical (unpaired) electrons. The fourth-order valence-corrected chi connectivity index (χ4v) is 3.16. The fourth-order valence-electron chi connectivity index (χ4n) is 3.16. The van der Waals surface area contributed by atoms with Gasteiger partial charge in [-0.15, -0.1) is 0 Å². The first-order valence-corrected chi connectivity index (χ1v) is 7.05. The summed E-state index contributed by atoms with van der Waals surface area (Å²) < 4.78 is 0. The summed E-state index contributed by atoms with van der Waals surface area (Å²) >= 11 is 0. The van der Waals surface area contributed by atoms with Gasteiger partial charge in [0.25, 0.3) is 0 Å². The zero-order chi connectivity index (χ0) is 12.1. The zero-order valence-corrected chi connectivity index (χ0v) is 11.8. The molecule has 1 N–H and O–H groups in total. The Bertz CT molecular complexity index is 191. The predicted molar refractivity (Wildman–Crippen MR) is 71.8 cm³/mol. The molecule has 1 aliphatic rings. The van der Waals surface area contributed by atoms with Crippen LogP contribution in [0.4, 0.5) is 0 Å². The molecule has 3 atom stereocenters. The monoisotopic (exact) mass is 226 g/mol. The molecule has 0 aliphatic carbocycles. The highest BCUT2D eigenvalue weighted by molar-refractivity contribution is 4.86. The molecule has 16 heavy (non-hydrogen) atoms. The SMILES string of the molecule is CCNC(C)CC(C)N1CCCC1C(C)C. The number of nitrogens with zero attached hydrogens (tertiary/aromatic N) is 1. The topological polar surface area (TPSA) is 15.3 Å². The van der Waals surface area contributed by atoms with Crippen LogP contribution in [0.1, 0.15) is 53.9 Å². The highest BCUT2D eigenvalue weighted by Gasteiger charge is 2.30. The number of likely N-dealkylation sites (tertiary alicyclic amines) is 1. The van der Waals surface area contributed by atoms with Crippen LogP contribution < -0.4 is 5.32 Å². The third-order valence-corrected chi connectivity index (χ3v) is 3.93. The van der Waals surface area contributed by atoms with Crippen LogP contribution >= 0.6 is 0 Å². The molecule has 0 spiro atoms. The molecule has 1 heterocycles. The van der Waals surface area contributed by atoms with E-state index in [2.05, 4.69) is 44.8 Å². The van der Waals surface area contributed by atoms with Gasteiger partial charge in [-0.3, -0.25) is 4.90 Å². The van der Waals surface area contributed by atoms with E-state index in [1.54, 1.807) is 0 Å². The molecule has 0 amide bonds. The van der Waals surface area contributed by atoms with Crippen molar-refractivity contribution in [3.05, 3.63) is 0 Å². The summed E-state index contributed by atoms with van der Waals surface area (Å²) in [7, 11) is 0. The molecule has 0 aromatic rings. The Balaban J connectivity index is 2.43. The average molecular weight is 226 g/mol. The van der Waals surface area contributed by atoms with E-state index in [1.165, 1.54) is 25.8 Å². The van der Waals surface area contributed by atoms with Crippen LogP contribution in [0.25, 0.3) is 0 Å². The van der Waals surface area contributed by atoms with E-state index in [-0.39, 0.29) is 0 Å². The normalized spacial score (nSPS) is 26.2. The van der Waals surface area contributed by atoms with Gasteiger partial charge in [0, 0.05) is 18.1 Å². The van der Waals surface area contributed by atoms with Crippen molar-refractivity contribution < 1.29 is 0 Å². The second-order valence-electron chi connectivity index (χ2n) is 5.73. The maximum Gasteiger partial charge on any atom is 0.0121 e. The predicted octanol–water partition coefficient (Wildman–Crippen LogP) is 2.88. The first-order valence-electron chi connectivity index (χ1n) is 7.05. The third kappa shape index (κ3) is 3.74. The minimum absolute atomic E-state index is 0.647. The Morgan fingerprint density at radius 1 is 1.25 bits per heavy atom. The lowest BCUT2D eigenvalue weighted by atomic mass is 9.99. The maximum atomic E-state index is 3.52. The van der Waals surface area contributed by atoms with Gasteiger partial charge in [0.1, 0.15) is 0 Å². The second kappa shape index (κ2) is 6.61. The Morgan fingerprint density at radius 3 is 2.50 bits per heavy atom. The van der Waals surface area contributed by atoms with E-state index < -0.39 is 0 Å². The van der Waals surface area contributed by atoms with Crippen molar-refractivity contribution in [1.82, 2.24) is 10.2 Å². The van der Waals surface area contributed by atoms with Gasteiger partial charge in [0.2, 0.25) is 0 Å². The third-order valence-electron chi connectivity index (χ3n) is 3.93. The molecule has 0 bridgehead atoms. The summed E-state index contributed by atoms with van der Waals surface area (Å²) in [6.07, 6.45) is 4.07. The molecule has 3 unspecified atom stereocenters. The van der Waals surface area contributed by atoms with Crippen molar-refractivity contribution in [3.8, 4) is 0 Å². The van der Waals surface area contributed by atoms with Crippen molar-refractivity contribution in [1.29, 1.82) is 0 Å². The van der Waals surface area contributed by atoms with Crippen LogP contribution in [-0.4, -0.2) is 36.1 Å². The molecular weight excluding hydrogens is 196 g/mol. The molecule has 0 saturated carbocycles. The Kier molecular flexibility index (Phi) is 5.77. The smallest absolute Gasteiger partial charge is 0.0121 e. The Morgan fingerprint density at radius 2 is 1.94 bits per heavy atom. The molecule has 96 valence electrons. The Hall–Kier alpha value is -0.0800. The molecule has 1 fully saturated rings. The van der Waals surface area contributed by atoms with Gasteiger partial charge in [0.05, 0.1) is 0 Å². The summed E-state index contributed by atoms with van der Waals surface area (Å²) in [5, 5.41) is 3.52. The summed E-state index contributed by atoms with van der Waals surface area (Å²) in [6, 6.07) is 2.20. The van der Waals surface area contributed by atoms with Gasteiger partial charge in [-0.2, -0.15) is 0 Å². The van der Waals surface area contributed by atoms with Gasteiger partial charge in [-0.25, -0.2) is 0 Å². The summed E-state index contributed by atoms with van der Waals surface area (Å²) in [5.41, 5.74) is 0. The quantitative estimate of drug-likeness (QED) is 0.749. The highest BCUT2D eigenvalue weighted by Crippen LogP contribution is 2.27. The van der Waals surface area contributed by atoms with Crippen LogP contribution in [0.15, 0.2) is 0 Å². The van der Waals surface area contributed by atoms with Gasteiger partial charge in [-0.05, 0) is 52.1 Å². The number of nitrogens with one attached hydrogen (secondary N) is 1. The lowest BCUT2D eigenvalue weighted by Gasteiger charge is -2.34. The van der Waals surface area contributed by atoms with Gasteiger partial charge >= 0.3 is 0 Å². The number of rotatable bonds is 6. The van der Waals surface area contributed by atoms with Crippen LogP contribution in [0.5, 0.6) is 0 Å². The van der Waals surface area contributed by atoms with Crippen molar-refractivity contribution in [2.45, 2.75) is 72.0 Å². The molecule has 0 aromatic carbocycles. The van der Waals surface area contributed by atoms with Gasteiger partial charge in [0.15, 0.2) is 0 Å². The van der Waals surface area contributed by atoms with Crippen LogP contribution in [0.3, 0.4) is 0 Å². The molecule has 1 saturated heterocycles. The van der Waals surface area contributed by atoms with Crippen molar-refractivity contribution in [2.24, 2.45) is 5.92 Å². The number of hydrogen-bond donors (Lipinski definition) is 1. The lowest BCUT2D eigenvalue weighted by molar-refractivity contribution is 0.142. The van der Waals surface area contributed by atoms with E-state index in [1.807, 2.05) is 0 Å². The summed E-state index contributed by atoms with van der Waals surface area (Å²) in [6.45, 7) is 14.0. The molecular formula is C14H30N2. The standard InChI is InChI=1S/C14H30N2/c1-6-15-12(4)10-13(5)16-9-7-8-14(16)11(2)3/h11-15H,6-10H2,1-5H3. The van der Waals surface area contributed by atoms with Crippen LogP contribution in [0, 0.1) is 5.92 Å². The molecule has 1 rings (SSSR count). The largest absolute Gasteiger partial charge is 0.314 e. The second-order valence-corrected chi connectivity index (χ2v) is 5.73. The van der Waals surface area contributed by atoms with Crippen molar-refractivity contribution >= 4 is 0 Å². The van der Waals surface area contributed by atoms with E-state index in [0.717, 1.165) is 24.5 Å². The lowest BCUT2D eigenvalue weighted by Crippen LogP contribution is -2.43. The summed E-state index contributed by atoms with van der Waals surface area (Å²) in [4.78, 5) is 2.73. The first kappa shape index (κ1) is 14.0. The average Bonchev–Trinajstić information content (AvgIpc) is 2.65. The van der Waals surface area contributed by atoms with Crippen LogP contribution in [0.2, 0.25) is 0 Å². The summed E-state index contributed by atoms with van der Waals surface area (Å²) in [5.74, 6) is 0.805. The molecule has 2 heteroatoms. The van der Waals surface area contributed by atoms with E-state index in [9.17, 15) is 0 Å². The zero-order valence-electron chi connectivity index (χ0n) is 11.8. The fraction of sp³-hybridized carbons (Fsp3) is 1.00. The molecule has 0 aromatic heterocycles. The minimum atomic E-state index is 0.647. The number of hydrogen-bond acceptors (Lipinski definition) is 2.